The molecule has 1 aromatic heterocycles. The third-order valence-corrected chi connectivity index (χ3v) is 11.3. The summed E-state index contributed by atoms with van der Waals surface area (Å²) >= 11 is 0. The van der Waals surface area contributed by atoms with Crippen LogP contribution in [0, 0.1) is 0 Å². The second-order valence-corrected chi connectivity index (χ2v) is 14.8. The van der Waals surface area contributed by atoms with Crippen LogP contribution in [0.1, 0.15) is 0 Å². The minimum Gasteiger partial charge on any atom is -0.208 e. The van der Waals surface area contributed by atoms with Crippen LogP contribution in [0.4, 0.5) is 0 Å². The lowest BCUT2D eigenvalue weighted by Crippen LogP contribution is -2.00. The van der Waals surface area contributed by atoms with Crippen molar-refractivity contribution in [2.45, 2.75) is 0 Å². The quantitative estimate of drug-likeness (QED) is 0.126. The molecule has 58 heavy (non-hydrogen) atoms. The molecule has 0 atom stereocenters. The van der Waals surface area contributed by atoms with Crippen molar-refractivity contribution in [2.24, 2.45) is 0 Å². The first-order valence-corrected chi connectivity index (χ1v) is 19.7. The van der Waals surface area contributed by atoms with E-state index < -0.39 is 0 Å². The van der Waals surface area contributed by atoms with Crippen molar-refractivity contribution in [2.75, 3.05) is 0 Å². The van der Waals surface area contributed by atoms with E-state index in [1.165, 1.54) is 48.7 Å². The highest BCUT2D eigenvalue weighted by atomic mass is 15.0. The highest BCUT2D eigenvalue weighted by Gasteiger charge is 2.16. The van der Waals surface area contributed by atoms with Gasteiger partial charge in [-0.05, 0) is 101 Å². The first-order chi connectivity index (χ1) is 28.7. The Kier molecular flexibility index (Phi) is 8.15. The Morgan fingerprint density at radius 1 is 0.207 bits per heavy atom. The van der Waals surface area contributed by atoms with Gasteiger partial charge in [0.15, 0.2) is 17.5 Å². The molecule has 0 bridgehead atoms. The average Bonchev–Trinajstić information content (AvgIpc) is 3.31. The minimum absolute atomic E-state index is 0.626. The summed E-state index contributed by atoms with van der Waals surface area (Å²) in [6.45, 7) is 0. The van der Waals surface area contributed by atoms with E-state index in [1.54, 1.807) is 0 Å². The molecular weight excluding hydrogens is 703 g/mol. The van der Waals surface area contributed by atoms with Crippen LogP contribution < -0.4 is 0 Å². The van der Waals surface area contributed by atoms with Gasteiger partial charge in [0, 0.05) is 16.7 Å². The maximum absolute atomic E-state index is 5.18. The maximum Gasteiger partial charge on any atom is 0.164 e. The third kappa shape index (κ3) is 6.07. The van der Waals surface area contributed by atoms with Gasteiger partial charge in [0.25, 0.3) is 0 Å². The summed E-state index contributed by atoms with van der Waals surface area (Å²) in [4.78, 5) is 15.5. The second kappa shape index (κ2) is 14.1. The number of aromatic nitrogens is 3. The summed E-state index contributed by atoms with van der Waals surface area (Å²) in [5.41, 5.74) is 9.68. The zero-order valence-electron chi connectivity index (χ0n) is 31.5. The monoisotopic (exact) mass is 737 g/mol. The Hall–Kier alpha value is -7.75. The van der Waals surface area contributed by atoms with Gasteiger partial charge in [-0.1, -0.05) is 188 Å². The van der Waals surface area contributed by atoms with E-state index in [-0.39, 0.29) is 0 Å². The molecule has 0 unspecified atom stereocenters. The molecule has 0 aliphatic rings. The topological polar surface area (TPSA) is 38.7 Å². The van der Waals surface area contributed by atoms with Gasteiger partial charge in [0.2, 0.25) is 0 Å². The highest BCUT2D eigenvalue weighted by molar-refractivity contribution is 6.20. The Balaban J connectivity index is 1.05. The van der Waals surface area contributed by atoms with Gasteiger partial charge in [0.1, 0.15) is 0 Å². The molecule has 3 heteroatoms. The van der Waals surface area contributed by atoms with Gasteiger partial charge in [-0.25, -0.2) is 15.0 Å². The van der Waals surface area contributed by atoms with E-state index in [0.717, 1.165) is 44.5 Å². The fourth-order valence-electron chi connectivity index (χ4n) is 8.36. The van der Waals surface area contributed by atoms with Gasteiger partial charge < -0.3 is 0 Å². The number of fused-ring (bicyclic) bond motifs is 5. The molecule has 0 fully saturated rings. The number of hydrogen-bond acceptors (Lipinski definition) is 3. The van der Waals surface area contributed by atoms with Crippen molar-refractivity contribution in [3.8, 4) is 67.5 Å². The van der Waals surface area contributed by atoms with Gasteiger partial charge in [-0.3, -0.25) is 0 Å². The van der Waals surface area contributed by atoms with Crippen molar-refractivity contribution in [1.29, 1.82) is 0 Å². The van der Waals surface area contributed by atoms with E-state index in [9.17, 15) is 0 Å². The Labute approximate surface area is 336 Å². The molecule has 0 radical (unpaired) electrons. The molecule has 0 saturated heterocycles. The van der Waals surface area contributed by atoms with Crippen molar-refractivity contribution >= 4 is 43.1 Å². The Morgan fingerprint density at radius 2 is 0.690 bits per heavy atom. The first-order valence-electron chi connectivity index (χ1n) is 19.7. The SMILES string of the molecule is c1ccc(-c2cccc(-c3nc(-c4ccc(-c5c6ccccc6cc6c5ccc5ccccc56)cc4)nc(-c4cccc(-c5ccc6ccccc6c5)c4)n3)c2)cc1. The zero-order valence-corrected chi connectivity index (χ0v) is 31.5. The lowest BCUT2D eigenvalue weighted by Gasteiger charge is -2.15. The Bertz CT molecular complexity index is 3330. The van der Waals surface area contributed by atoms with E-state index in [0.29, 0.717) is 17.5 Å². The number of benzene rings is 10. The third-order valence-electron chi connectivity index (χ3n) is 11.3. The van der Waals surface area contributed by atoms with Crippen molar-refractivity contribution in [1.82, 2.24) is 15.0 Å². The summed E-state index contributed by atoms with van der Waals surface area (Å²) in [6, 6.07) is 75.4. The molecule has 11 rings (SSSR count). The number of hydrogen-bond donors (Lipinski definition) is 0. The Morgan fingerprint density at radius 3 is 1.41 bits per heavy atom. The van der Waals surface area contributed by atoms with Crippen LogP contribution in [-0.4, -0.2) is 15.0 Å². The van der Waals surface area contributed by atoms with Crippen LogP contribution in [0.25, 0.3) is 111 Å². The van der Waals surface area contributed by atoms with Crippen molar-refractivity contribution < 1.29 is 0 Å². The molecule has 11 aromatic rings. The van der Waals surface area contributed by atoms with Gasteiger partial charge in [0.05, 0.1) is 0 Å². The molecule has 0 aliphatic heterocycles. The predicted octanol–water partition coefficient (Wildman–Crippen LogP) is 14.5. The predicted molar refractivity (Wildman–Crippen MR) is 242 cm³/mol. The summed E-state index contributed by atoms with van der Waals surface area (Å²) in [5.74, 6) is 1.88. The van der Waals surface area contributed by atoms with Crippen LogP contribution in [0.3, 0.4) is 0 Å². The van der Waals surface area contributed by atoms with Crippen molar-refractivity contribution in [3.63, 3.8) is 0 Å². The van der Waals surface area contributed by atoms with Gasteiger partial charge in [-0.15, -0.1) is 0 Å². The molecule has 0 amide bonds. The standard InChI is InChI=1S/C55H35N3/c1-2-12-36(13-3-1)42-18-10-20-46(33-42)54-56-53(57-55(58-54)47-21-11-19-43(34-47)44-29-24-37-14-4-5-16-41(37)32-44)40-27-25-39(26-28-40)52-49-23-9-7-17-45(49)35-51-48-22-8-6-15-38(48)30-31-50(51)52/h1-35H. The van der Waals surface area contributed by atoms with Crippen LogP contribution >= 0.6 is 0 Å². The summed E-state index contributed by atoms with van der Waals surface area (Å²) in [6.07, 6.45) is 0. The molecule has 10 aromatic carbocycles. The molecular formula is C55H35N3. The molecule has 0 N–H and O–H groups in total. The normalized spacial score (nSPS) is 11.4. The number of rotatable bonds is 6. The van der Waals surface area contributed by atoms with E-state index in [1.807, 2.05) is 6.07 Å². The van der Waals surface area contributed by atoms with E-state index in [4.69, 9.17) is 15.0 Å². The minimum atomic E-state index is 0.626. The molecule has 0 spiro atoms. The lowest BCUT2D eigenvalue weighted by molar-refractivity contribution is 1.07. The van der Waals surface area contributed by atoms with Crippen LogP contribution in [0.15, 0.2) is 212 Å². The first kappa shape index (κ1) is 33.6. The molecule has 0 saturated carbocycles. The van der Waals surface area contributed by atoms with Gasteiger partial charge in [-0.2, -0.15) is 0 Å². The van der Waals surface area contributed by atoms with Gasteiger partial charge >= 0.3 is 0 Å². The van der Waals surface area contributed by atoms with E-state index in [2.05, 4.69) is 206 Å². The summed E-state index contributed by atoms with van der Waals surface area (Å²) < 4.78 is 0. The van der Waals surface area contributed by atoms with Crippen LogP contribution in [0.5, 0.6) is 0 Å². The average molecular weight is 738 g/mol. The van der Waals surface area contributed by atoms with Crippen LogP contribution in [-0.2, 0) is 0 Å². The van der Waals surface area contributed by atoms with Crippen molar-refractivity contribution in [3.05, 3.63) is 212 Å². The molecule has 1 heterocycles. The highest BCUT2D eigenvalue weighted by Crippen LogP contribution is 2.40. The largest absolute Gasteiger partial charge is 0.208 e. The summed E-state index contributed by atoms with van der Waals surface area (Å²) in [5, 5.41) is 9.88. The molecule has 3 nitrogen and oxygen atoms in total. The number of nitrogens with zero attached hydrogens (tertiary/aromatic N) is 3. The second-order valence-electron chi connectivity index (χ2n) is 14.8. The zero-order chi connectivity index (χ0) is 38.4. The maximum atomic E-state index is 5.18. The smallest absolute Gasteiger partial charge is 0.164 e. The molecule has 270 valence electrons. The lowest BCUT2D eigenvalue weighted by atomic mass is 9.89. The summed E-state index contributed by atoms with van der Waals surface area (Å²) in [7, 11) is 0. The fraction of sp³-hybridized carbons (Fsp3) is 0. The van der Waals surface area contributed by atoms with E-state index >= 15 is 0 Å². The molecule has 0 aliphatic carbocycles. The van der Waals surface area contributed by atoms with Crippen LogP contribution in [0.2, 0.25) is 0 Å². The fourth-order valence-corrected chi connectivity index (χ4v) is 8.36.